The number of hydrogen-bond acceptors (Lipinski definition) is 3. The van der Waals surface area contributed by atoms with Crippen molar-refractivity contribution < 1.29 is 19.1 Å². The Balaban J connectivity index is 1.68. The summed E-state index contributed by atoms with van der Waals surface area (Å²) in [5.74, 6) is -1.97. The third-order valence-corrected chi connectivity index (χ3v) is 4.86. The molecule has 26 heavy (non-hydrogen) atoms. The molecule has 1 amide bonds. The highest BCUT2D eigenvalue weighted by atomic mass is 19.1. The molecule has 6 nitrogen and oxygen atoms in total. The molecule has 0 aliphatic heterocycles. The lowest BCUT2D eigenvalue weighted by molar-refractivity contribution is -0.142. The van der Waals surface area contributed by atoms with Crippen LogP contribution in [-0.2, 0) is 4.79 Å². The summed E-state index contributed by atoms with van der Waals surface area (Å²) in [6.07, 6.45) is 2.33. The summed E-state index contributed by atoms with van der Waals surface area (Å²) in [5.41, 5.74) is 2.15. The lowest BCUT2D eigenvalue weighted by atomic mass is 9.86. The van der Waals surface area contributed by atoms with Gasteiger partial charge in [-0.2, -0.15) is 5.10 Å². The highest BCUT2D eigenvalue weighted by molar-refractivity contribution is 5.94. The van der Waals surface area contributed by atoms with Crippen molar-refractivity contribution in [2.75, 3.05) is 0 Å². The van der Waals surface area contributed by atoms with Crippen LogP contribution in [0.15, 0.2) is 24.3 Å². The number of hydrogen-bond donors (Lipinski definition) is 2. The summed E-state index contributed by atoms with van der Waals surface area (Å²) in [4.78, 5) is 23.4. The van der Waals surface area contributed by atoms with Crippen LogP contribution in [0.3, 0.4) is 0 Å². The van der Waals surface area contributed by atoms with Gasteiger partial charge in [-0.15, -0.1) is 0 Å². The van der Waals surface area contributed by atoms with E-state index in [4.69, 9.17) is 5.11 Å². The monoisotopic (exact) mass is 359 g/mol. The summed E-state index contributed by atoms with van der Waals surface area (Å²) in [6.45, 7) is 3.68. The van der Waals surface area contributed by atoms with Crippen molar-refractivity contribution in [3.63, 3.8) is 0 Å². The van der Waals surface area contributed by atoms with Gasteiger partial charge in [-0.05, 0) is 63.8 Å². The Morgan fingerprint density at radius 3 is 2.42 bits per heavy atom. The van der Waals surface area contributed by atoms with Gasteiger partial charge in [0.1, 0.15) is 11.5 Å². The molecule has 0 bridgehead atoms. The predicted octanol–water partition coefficient (Wildman–Crippen LogP) is 3.00. The van der Waals surface area contributed by atoms with Crippen LogP contribution in [0.2, 0.25) is 0 Å². The minimum absolute atomic E-state index is 0.0724. The van der Waals surface area contributed by atoms with Crippen LogP contribution in [0.25, 0.3) is 5.69 Å². The maximum absolute atomic E-state index is 14.5. The van der Waals surface area contributed by atoms with E-state index in [0.29, 0.717) is 31.4 Å². The molecule has 0 atom stereocenters. The van der Waals surface area contributed by atoms with E-state index in [0.717, 1.165) is 11.4 Å². The first-order chi connectivity index (χ1) is 12.3. The maximum atomic E-state index is 14.5. The van der Waals surface area contributed by atoms with Gasteiger partial charge in [0.05, 0.1) is 11.6 Å². The molecule has 7 heteroatoms. The summed E-state index contributed by atoms with van der Waals surface area (Å²) < 4.78 is 16.0. The minimum atomic E-state index is -0.781. The first kappa shape index (κ1) is 18.1. The molecule has 0 saturated heterocycles. The van der Waals surface area contributed by atoms with E-state index in [1.165, 1.54) is 10.7 Å². The third-order valence-electron chi connectivity index (χ3n) is 4.86. The number of benzene rings is 1. The van der Waals surface area contributed by atoms with Crippen molar-refractivity contribution in [2.45, 2.75) is 45.6 Å². The maximum Gasteiger partial charge on any atom is 0.306 e. The standard InChI is InChI=1S/C19H22FN3O3/c1-11-9-12(2)23(22-11)17-8-5-14(10-16(17)20)18(24)21-15-6-3-13(4-7-15)19(25)26/h5,8-10,13,15H,3-4,6-7H2,1-2H3,(H,21,24)(H,25,26). The second kappa shape index (κ2) is 7.27. The molecule has 1 fully saturated rings. The number of nitrogens with one attached hydrogen (secondary N) is 1. The van der Waals surface area contributed by atoms with Crippen LogP contribution in [0.5, 0.6) is 0 Å². The van der Waals surface area contributed by atoms with Gasteiger partial charge in [0, 0.05) is 17.3 Å². The molecule has 1 aromatic heterocycles. The zero-order valence-electron chi connectivity index (χ0n) is 14.8. The summed E-state index contributed by atoms with van der Waals surface area (Å²) >= 11 is 0. The number of amides is 1. The molecule has 1 aliphatic carbocycles. The molecule has 1 heterocycles. The van der Waals surface area contributed by atoms with E-state index < -0.39 is 11.8 Å². The smallest absolute Gasteiger partial charge is 0.306 e. The van der Waals surface area contributed by atoms with E-state index >= 15 is 0 Å². The normalized spacial score (nSPS) is 20.0. The second-order valence-electron chi connectivity index (χ2n) is 6.87. The van der Waals surface area contributed by atoms with Crippen molar-refractivity contribution in [1.82, 2.24) is 15.1 Å². The van der Waals surface area contributed by atoms with E-state index in [-0.39, 0.29) is 23.4 Å². The summed E-state index contributed by atoms with van der Waals surface area (Å²) in [6, 6.07) is 6.12. The van der Waals surface area contributed by atoms with Gasteiger partial charge in [-0.3, -0.25) is 9.59 Å². The highest BCUT2D eigenvalue weighted by Gasteiger charge is 2.27. The molecule has 2 aromatic rings. The second-order valence-corrected chi connectivity index (χ2v) is 6.87. The topological polar surface area (TPSA) is 84.2 Å². The Morgan fingerprint density at radius 2 is 1.88 bits per heavy atom. The predicted molar refractivity (Wildman–Crippen MR) is 93.8 cm³/mol. The zero-order chi connectivity index (χ0) is 18.8. The average molecular weight is 359 g/mol. The van der Waals surface area contributed by atoms with Crippen molar-refractivity contribution in [1.29, 1.82) is 0 Å². The number of carboxylic acid groups (broad SMARTS) is 1. The van der Waals surface area contributed by atoms with Crippen molar-refractivity contribution >= 4 is 11.9 Å². The molecule has 1 aromatic carbocycles. The first-order valence-electron chi connectivity index (χ1n) is 8.72. The van der Waals surface area contributed by atoms with Crippen molar-refractivity contribution in [3.8, 4) is 5.69 Å². The molecular formula is C19H22FN3O3. The van der Waals surface area contributed by atoms with Gasteiger partial charge in [-0.1, -0.05) is 0 Å². The van der Waals surface area contributed by atoms with Crippen LogP contribution >= 0.6 is 0 Å². The quantitative estimate of drug-likeness (QED) is 0.879. The molecule has 0 spiro atoms. The number of halogens is 1. The SMILES string of the molecule is Cc1cc(C)n(-c2ccc(C(=O)NC3CCC(C(=O)O)CC3)cc2F)n1. The highest BCUT2D eigenvalue weighted by Crippen LogP contribution is 2.25. The van der Waals surface area contributed by atoms with E-state index in [1.807, 2.05) is 19.9 Å². The Hall–Kier alpha value is -2.70. The number of carboxylic acids is 1. The Morgan fingerprint density at radius 1 is 1.19 bits per heavy atom. The molecule has 0 unspecified atom stereocenters. The number of carbonyl (C=O) groups excluding carboxylic acids is 1. The number of nitrogens with zero attached hydrogens (tertiary/aromatic N) is 2. The van der Waals surface area contributed by atoms with Crippen LogP contribution < -0.4 is 5.32 Å². The van der Waals surface area contributed by atoms with Crippen LogP contribution in [-0.4, -0.2) is 32.8 Å². The number of aliphatic carboxylic acids is 1. The lowest BCUT2D eigenvalue weighted by Gasteiger charge is -2.26. The van der Waals surface area contributed by atoms with Gasteiger partial charge >= 0.3 is 5.97 Å². The lowest BCUT2D eigenvalue weighted by Crippen LogP contribution is -2.38. The molecule has 3 rings (SSSR count). The molecule has 1 saturated carbocycles. The van der Waals surface area contributed by atoms with Crippen molar-refractivity contribution in [3.05, 3.63) is 47.0 Å². The van der Waals surface area contributed by atoms with E-state index in [2.05, 4.69) is 10.4 Å². The van der Waals surface area contributed by atoms with Crippen LogP contribution in [0.1, 0.15) is 47.4 Å². The zero-order valence-corrected chi connectivity index (χ0v) is 14.8. The Bertz CT molecular complexity index is 839. The van der Waals surface area contributed by atoms with Crippen LogP contribution in [0, 0.1) is 25.6 Å². The average Bonchev–Trinajstić information content (AvgIpc) is 2.93. The number of carbonyl (C=O) groups is 2. The molecule has 138 valence electrons. The fourth-order valence-corrected chi connectivity index (χ4v) is 3.45. The first-order valence-corrected chi connectivity index (χ1v) is 8.72. The molecule has 0 radical (unpaired) electrons. The van der Waals surface area contributed by atoms with Gasteiger partial charge in [0.15, 0.2) is 0 Å². The largest absolute Gasteiger partial charge is 0.481 e. The molecular weight excluding hydrogens is 337 g/mol. The van der Waals surface area contributed by atoms with Gasteiger partial charge in [-0.25, -0.2) is 9.07 Å². The third kappa shape index (κ3) is 3.76. The van der Waals surface area contributed by atoms with Crippen molar-refractivity contribution in [2.24, 2.45) is 5.92 Å². The van der Waals surface area contributed by atoms with Gasteiger partial charge in [0.25, 0.3) is 5.91 Å². The minimum Gasteiger partial charge on any atom is -0.481 e. The van der Waals surface area contributed by atoms with E-state index in [1.54, 1.807) is 12.1 Å². The number of aryl methyl sites for hydroxylation is 2. The molecule has 1 aliphatic rings. The Labute approximate surface area is 151 Å². The van der Waals surface area contributed by atoms with E-state index in [9.17, 15) is 14.0 Å². The fraction of sp³-hybridized carbons (Fsp3) is 0.421. The van der Waals surface area contributed by atoms with Gasteiger partial charge in [0.2, 0.25) is 0 Å². The fourth-order valence-electron chi connectivity index (χ4n) is 3.45. The van der Waals surface area contributed by atoms with Gasteiger partial charge < -0.3 is 10.4 Å². The molecule has 2 N–H and O–H groups in total. The summed E-state index contributed by atoms with van der Waals surface area (Å²) in [7, 11) is 0. The number of aromatic nitrogens is 2. The van der Waals surface area contributed by atoms with Crippen LogP contribution in [0.4, 0.5) is 4.39 Å². The Kier molecular flexibility index (Phi) is 5.06. The number of rotatable bonds is 4. The summed E-state index contributed by atoms with van der Waals surface area (Å²) in [5, 5.41) is 16.2.